The Morgan fingerprint density at radius 1 is 1.10 bits per heavy atom. The van der Waals surface area contributed by atoms with Crippen molar-refractivity contribution in [2.45, 2.75) is 43.4 Å². The minimum absolute atomic E-state index is 0.465. The van der Waals surface area contributed by atoms with Gasteiger partial charge in [0.2, 0.25) is 0 Å². The van der Waals surface area contributed by atoms with Crippen molar-refractivity contribution in [3.05, 3.63) is 42.1 Å². The Kier molecular flexibility index (Phi) is 2.69. The highest BCUT2D eigenvalue weighted by atomic mass is 16.5. The standard InChI is InChI=1S/C16H18N2O2/c19-16(9-13-5-6-14(10-16)18-13)12-3-1-11(2-4-12)15-7-8-17-20-15/h1-4,7-8,13-14,18-19H,5-6,9-10H2. The molecule has 0 amide bonds. The summed E-state index contributed by atoms with van der Waals surface area (Å²) in [6.07, 6.45) is 5.63. The van der Waals surface area contributed by atoms with Crippen molar-refractivity contribution in [1.29, 1.82) is 0 Å². The van der Waals surface area contributed by atoms with Crippen LogP contribution in [0.25, 0.3) is 11.3 Å². The molecule has 0 saturated carbocycles. The lowest BCUT2D eigenvalue weighted by atomic mass is 9.81. The third-order valence-electron chi connectivity index (χ3n) is 4.65. The van der Waals surface area contributed by atoms with E-state index in [-0.39, 0.29) is 0 Å². The molecule has 2 saturated heterocycles. The zero-order valence-electron chi connectivity index (χ0n) is 11.2. The number of hydrogen-bond donors (Lipinski definition) is 2. The number of fused-ring (bicyclic) bond motifs is 2. The van der Waals surface area contributed by atoms with Crippen molar-refractivity contribution in [2.75, 3.05) is 0 Å². The Balaban J connectivity index is 1.62. The minimum atomic E-state index is -0.684. The lowest BCUT2D eigenvalue weighted by molar-refractivity contribution is -0.0114. The van der Waals surface area contributed by atoms with E-state index in [4.69, 9.17) is 4.52 Å². The van der Waals surface area contributed by atoms with E-state index in [1.807, 2.05) is 30.3 Å². The molecule has 2 N–H and O–H groups in total. The van der Waals surface area contributed by atoms with Gasteiger partial charge in [-0.2, -0.15) is 0 Å². The van der Waals surface area contributed by atoms with Crippen molar-refractivity contribution in [1.82, 2.24) is 10.5 Å². The Labute approximate surface area is 117 Å². The van der Waals surface area contributed by atoms with Gasteiger partial charge in [-0.25, -0.2) is 0 Å². The second-order valence-electron chi connectivity index (χ2n) is 6.03. The Hall–Kier alpha value is -1.65. The summed E-state index contributed by atoms with van der Waals surface area (Å²) in [7, 11) is 0. The van der Waals surface area contributed by atoms with Crippen molar-refractivity contribution >= 4 is 0 Å². The van der Waals surface area contributed by atoms with E-state index in [2.05, 4.69) is 10.5 Å². The molecule has 104 valence electrons. The zero-order chi connectivity index (χ0) is 13.6. The third-order valence-corrected chi connectivity index (χ3v) is 4.65. The summed E-state index contributed by atoms with van der Waals surface area (Å²) in [4.78, 5) is 0. The first-order chi connectivity index (χ1) is 9.73. The molecular weight excluding hydrogens is 252 g/mol. The fourth-order valence-corrected chi connectivity index (χ4v) is 3.67. The van der Waals surface area contributed by atoms with Gasteiger partial charge in [-0.15, -0.1) is 0 Å². The van der Waals surface area contributed by atoms with E-state index in [0.29, 0.717) is 12.1 Å². The molecule has 0 spiro atoms. The molecule has 2 aliphatic heterocycles. The fourth-order valence-electron chi connectivity index (χ4n) is 3.67. The molecule has 4 nitrogen and oxygen atoms in total. The monoisotopic (exact) mass is 270 g/mol. The van der Waals surface area contributed by atoms with Crippen LogP contribution >= 0.6 is 0 Å². The van der Waals surface area contributed by atoms with Gasteiger partial charge in [-0.1, -0.05) is 29.4 Å². The van der Waals surface area contributed by atoms with Gasteiger partial charge < -0.3 is 14.9 Å². The van der Waals surface area contributed by atoms with E-state index in [1.165, 1.54) is 12.8 Å². The molecule has 1 aromatic heterocycles. The van der Waals surface area contributed by atoms with Gasteiger partial charge in [0.1, 0.15) is 0 Å². The molecule has 2 bridgehead atoms. The van der Waals surface area contributed by atoms with E-state index in [9.17, 15) is 5.11 Å². The summed E-state index contributed by atoms with van der Waals surface area (Å²) in [6, 6.07) is 10.8. The van der Waals surface area contributed by atoms with Gasteiger partial charge in [0.25, 0.3) is 0 Å². The lowest BCUT2D eigenvalue weighted by Crippen LogP contribution is -2.46. The first-order valence-corrected chi connectivity index (χ1v) is 7.23. The van der Waals surface area contributed by atoms with Crippen molar-refractivity contribution in [2.24, 2.45) is 0 Å². The molecular formula is C16H18N2O2. The predicted octanol–water partition coefficient (Wildman–Crippen LogP) is 2.44. The number of piperidine rings is 1. The summed E-state index contributed by atoms with van der Waals surface area (Å²) < 4.78 is 5.15. The predicted molar refractivity (Wildman–Crippen MR) is 75.0 cm³/mol. The van der Waals surface area contributed by atoms with Crippen LogP contribution < -0.4 is 5.32 Å². The number of hydrogen-bond acceptors (Lipinski definition) is 4. The average molecular weight is 270 g/mol. The normalized spacial score (nSPS) is 32.5. The Morgan fingerprint density at radius 2 is 1.80 bits per heavy atom. The van der Waals surface area contributed by atoms with Crippen molar-refractivity contribution in [3.63, 3.8) is 0 Å². The molecule has 0 radical (unpaired) electrons. The number of aliphatic hydroxyl groups is 1. The molecule has 20 heavy (non-hydrogen) atoms. The summed E-state index contributed by atoms with van der Waals surface area (Å²) >= 11 is 0. The fraction of sp³-hybridized carbons (Fsp3) is 0.438. The largest absolute Gasteiger partial charge is 0.385 e. The number of rotatable bonds is 2. The maximum atomic E-state index is 11.0. The van der Waals surface area contributed by atoms with Crippen LogP contribution in [0.3, 0.4) is 0 Å². The molecule has 1 aromatic carbocycles. The molecule has 2 aromatic rings. The summed E-state index contributed by atoms with van der Waals surface area (Å²) in [5.41, 5.74) is 1.32. The van der Waals surface area contributed by atoms with Gasteiger partial charge >= 0.3 is 0 Å². The van der Waals surface area contributed by atoms with Gasteiger partial charge in [0, 0.05) is 23.7 Å². The summed E-state index contributed by atoms with van der Waals surface area (Å²) in [6.45, 7) is 0. The van der Waals surface area contributed by atoms with Crippen LogP contribution in [0.4, 0.5) is 0 Å². The van der Waals surface area contributed by atoms with Crippen LogP contribution in [0.15, 0.2) is 41.1 Å². The third kappa shape index (κ3) is 1.96. The van der Waals surface area contributed by atoms with Crippen LogP contribution in [0.2, 0.25) is 0 Å². The highest BCUT2D eigenvalue weighted by Crippen LogP contribution is 2.40. The van der Waals surface area contributed by atoms with Crippen LogP contribution in [0.5, 0.6) is 0 Å². The van der Waals surface area contributed by atoms with E-state index in [0.717, 1.165) is 29.7 Å². The van der Waals surface area contributed by atoms with E-state index in [1.54, 1.807) is 6.20 Å². The second kappa shape index (κ2) is 4.43. The SMILES string of the molecule is OC1(c2ccc(-c3ccno3)cc2)CC2CCC(C1)N2. The van der Waals surface area contributed by atoms with Crippen molar-refractivity contribution in [3.8, 4) is 11.3 Å². The second-order valence-corrected chi connectivity index (χ2v) is 6.03. The molecule has 4 heteroatoms. The van der Waals surface area contributed by atoms with Gasteiger partial charge in [-0.05, 0) is 31.2 Å². The summed E-state index contributed by atoms with van der Waals surface area (Å²) in [5, 5.41) is 18.3. The average Bonchev–Trinajstić information content (AvgIpc) is 3.09. The van der Waals surface area contributed by atoms with Gasteiger partial charge in [-0.3, -0.25) is 0 Å². The molecule has 2 aliphatic rings. The van der Waals surface area contributed by atoms with Gasteiger partial charge in [0.05, 0.1) is 11.8 Å². The highest BCUT2D eigenvalue weighted by molar-refractivity contribution is 5.57. The number of nitrogens with one attached hydrogen (secondary N) is 1. The smallest absolute Gasteiger partial charge is 0.166 e. The summed E-state index contributed by atoms with van der Waals surface area (Å²) in [5.74, 6) is 0.758. The first kappa shape index (κ1) is 12.1. The van der Waals surface area contributed by atoms with Crippen LogP contribution in [0.1, 0.15) is 31.2 Å². The minimum Gasteiger partial charge on any atom is -0.385 e. The maximum absolute atomic E-state index is 11.0. The zero-order valence-corrected chi connectivity index (χ0v) is 11.2. The number of aromatic nitrogens is 1. The van der Waals surface area contributed by atoms with Crippen LogP contribution in [-0.4, -0.2) is 22.3 Å². The van der Waals surface area contributed by atoms with E-state index >= 15 is 0 Å². The first-order valence-electron chi connectivity index (χ1n) is 7.23. The Morgan fingerprint density at radius 3 is 2.40 bits per heavy atom. The number of benzene rings is 1. The van der Waals surface area contributed by atoms with Crippen LogP contribution in [0, 0.1) is 0 Å². The van der Waals surface area contributed by atoms with Gasteiger partial charge in [0.15, 0.2) is 5.76 Å². The van der Waals surface area contributed by atoms with Crippen molar-refractivity contribution < 1.29 is 9.63 Å². The maximum Gasteiger partial charge on any atom is 0.166 e. The topological polar surface area (TPSA) is 58.3 Å². The Bertz CT molecular complexity index is 579. The molecule has 0 aliphatic carbocycles. The molecule has 3 heterocycles. The molecule has 2 unspecified atom stereocenters. The molecule has 2 atom stereocenters. The molecule has 4 rings (SSSR count). The lowest BCUT2D eigenvalue weighted by Gasteiger charge is -2.37. The quantitative estimate of drug-likeness (QED) is 0.880. The number of nitrogens with zero attached hydrogens (tertiary/aromatic N) is 1. The molecule has 2 fully saturated rings. The van der Waals surface area contributed by atoms with E-state index < -0.39 is 5.60 Å². The highest BCUT2D eigenvalue weighted by Gasteiger charge is 2.43. The van der Waals surface area contributed by atoms with Crippen LogP contribution in [-0.2, 0) is 5.60 Å².